The quantitative estimate of drug-likeness (QED) is 0.725. The smallest absolute Gasteiger partial charge is 0.317 e. The van der Waals surface area contributed by atoms with Crippen molar-refractivity contribution in [3.63, 3.8) is 0 Å². The van der Waals surface area contributed by atoms with Crippen molar-refractivity contribution in [2.24, 2.45) is 5.92 Å². The monoisotopic (exact) mass is 198 g/mol. The fourth-order valence-corrected chi connectivity index (χ4v) is 2.22. The van der Waals surface area contributed by atoms with Crippen LogP contribution >= 0.6 is 0 Å². The molecular formula is C11H22N2O. The molecule has 1 rings (SSSR count). The molecule has 0 saturated carbocycles. The molecule has 1 aliphatic heterocycles. The first-order valence-corrected chi connectivity index (χ1v) is 5.74. The Morgan fingerprint density at radius 1 is 1.43 bits per heavy atom. The predicted molar refractivity (Wildman–Crippen MR) is 58.3 cm³/mol. The van der Waals surface area contributed by atoms with E-state index in [1.807, 2.05) is 4.90 Å². The maximum absolute atomic E-state index is 11.4. The summed E-state index contributed by atoms with van der Waals surface area (Å²) in [5, 5.41) is 2.70. The van der Waals surface area contributed by atoms with E-state index in [1.54, 1.807) is 7.05 Å². The number of nitrogens with zero attached hydrogens (tertiary/aromatic N) is 1. The summed E-state index contributed by atoms with van der Waals surface area (Å²) < 4.78 is 0. The summed E-state index contributed by atoms with van der Waals surface area (Å²) in [5.41, 5.74) is 0. The van der Waals surface area contributed by atoms with Crippen molar-refractivity contribution in [1.82, 2.24) is 10.2 Å². The van der Waals surface area contributed by atoms with Gasteiger partial charge in [-0.15, -0.1) is 0 Å². The molecule has 1 heterocycles. The third kappa shape index (κ3) is 3.20. The van der Waals surface area contributed by atoms with Crippen LogP contribution in [0.3, 0.4) is 0 Å². The summed E-state index contributed by atoms with van der Waals surface area (Å²) in [7, 11) is 1.71. The minimum atomic E-state index is 0.0853. The van der Waals surface area contributed by atoms with Crippen LogP contribution in [0.25, 0.3) is 0 Å². The molecule has 2 amide bonds. The van der Waals surface area contributed by atoms with E-state index in [0.717, 1.165) is 25.4 Å². The summed E-state index contributed by atoms with van der Waals surface area (Å²) in [6, 6.07) is 0.0853. The molecule has 0 spiro atoms. The Kier molecular flexibility index (Phi) is 4.77. The van der Waals surface area contributed by atoms with E-state index < -0.39 is 0 Å². The summed E-state index contributed by atoms with van der Waals surface area (Å²) in [6.45, 7) is 4.10. The first kappa shape index (κ1) is 11.3. The molecular weight excluding hydrogens is 176 g/mol. The standard InChI is InChI=1S/C11H22N2O/c1-3-5-10-6-4-8-13(9-7-10)11(14)12-2/h10H,3-9H2,1-2H3,(H,12,14). The largest absolute Gasteiger partial charge is 0.341 e. The Bertz CT molecular complexity index is 182. The van der Waals surface area contributed by atoms with Gasteiger partial charge in [0.15, 0.2) is 0 Å². The van der Waals surface area contributed by atoms with Crippen molar-refractivity contribution in [2.75, 3.05) is 20.1 Å². The number of likely N-dealkylation sites (tertiary alicyclic amines) is 1. The summed E-state index contributed by atoms with van der Waals surface area (Å²) in [4.78, 5) is 13.3. The second-order valence-corrected chi connectivity index (χ2v) is 4.13. The van der Waals surface area contributed by atoms with Crippen LogP contribution in [0.1, 0.15) is 39.0 Å². The van der Waals surface area contributed by atoms with Crippen molar-refractivity contribution in [2.45, 2.75) is 39.0 Å². The number of hydrogen-bond donors (Lipinski definition) is 1. The van der Waals surface area contributed by atoms with Gasteiger partial charge in [-0.05, 0) is 25.2 Å². The van der Waals surface area contributed by atoms with E-state index in [0.29, 0.717) is 0 Å². The predicted octanol–water partition coefficient (Wildman–Crippen LogP) is 2.23. The number of nitrogens with one attached hydrogen (secondary N) is 1. The normalized spacial score (nSPS) is 23.0. The molecule has 3 nitrogen and oxygen atoms in total. The van der Waals surface area contributed by atoms with Crippen LogP contribution in [-0.4, -0.2) is 31.1 Å². The van der Waals surface area contributed by atoms with Crippen molar-refractivity contribution >= 4 is 6.03 Å². The fourth-order valence-electron chi connectivity index (χ4n) is 2.22. The van der Waals surface area contributed by atoms with Crippen molar-refractivity contribution in [1.29, 1.82) is 0 Å². The molecule has 0 aromatic carbocycles. The van der Waals surface area contributed by atoms with Gasteiger partial charge < -0.3 is 10.2 Å². The molecule has 0 bridgehead atoms. The lowest BCUT2D eigenvalue weighted by atomic mass is 9.96. The zero-order chi connectivity index (χ0) is 10.4. The molecule has 1 fully saturated rings. The highest BCUT2D eigenvalue weighted by Crippen LogP contribution is 2.21. The summed E-state index contributed by atoms with van der Waals surface area (Å²) in [6.07, 6.45) is 6.23. The Morgan fingerprint density at radius 3 is 2.86 bits per heavy atom. The molecule has 3 heteroatoms. The highest BCUT2D eigenvalue weighted by atomic mass is 16.2. The van der Waals surface area contributed by atoms with Gasteiger partial charge >= 0.3 is 6.03 Å². The van der Waals surface area contributed by atoms with E-state index in [-0.39, 0.29) is 6.03 Å². The Hall–Kier alpha value is -0.730. The first-order valence-electron chi connectivity index (χ1n) is 5.74. The van der Waals surface area contributed by atoms with E-state index >= 15 is 0 Å². The molecule has 0 aromatic rings. The second kappa shape index (κ2) is 5.89. The SMILES string of the molecule is CCCC1CCCN(C(=O)NC)CC1. The number of hydrogen-bond acceptors (Lipinski definition) is 1. The van der Waals surface area contributed by atoms with E-state index in [2.05, 4.69) is 12.2 Å². The average molecular weight is 198 g/mol. The molecule has 0 radical (unpaired) electrons. The van der Waals surface area contributed by atoms with E-state index in [4.69, 9.17) is 0 Å². The maximum atomic E-state index is 11.4. The number of amides is 2. The van der Waals surface area contributed by atoms with Crippen LogP contribution in [0, 0.1) is 5.92 Å². The molecule has 1 aliphatic rings. The van der Waals surface area contributed by atoms with Crippen molar-refractivity contribution in [3.05, 3.63) is 0 Å². The summed E-state index contributed by atoms with van der Waals surface area (Å²) >= 11 is 0. The second-order valence-electron chi connectivity index (χ2n) is 4.13. The van der Waals surface area contributed by atoms with Gasteiger partial charge in [-0.1, -0.05) is 19.8 Å². The van der Waals surface area contributed by atoms with Crippen LogP contribution in [0.2, 0.25) is 0 Å². The fraction of sp³-hybridized carbons (Fsp3) is 0.909. The Labute approximate surface area is 86.9 Å². The van der Waals surface area contributed by atoms with Crippen molar-refractivity contribution < 1.29 is 4.79 Å². The molecule has 1 atom stereocenters. The molecule has 0 aromatic heterocycles. The zero-order valence-electron chi connectivity index (χ0n) is 9.38. The molecule has 1 unspecified atom stereocenters. The van der Waals surface area contributed by atoms with E-state index in [9.17, 15) is 4.79 Å². The third-order valence-corrected chi connectivity index (χ3v) is 3.05. The van der Waals surface area contributed by atoms with Crippen LogP contribution in [0.15, 0.2) is 0 Å². The highest BCUT2D eigenvalue weighted by molar-refractivity contribution is 5.73. The summed E-state index contributed by atoms with van der Waals surface area (Å²) in [5.74, 6) is 0.842. The minimum absolute atomic E-state index is 0.0853. The van der Waals surface area contributed by atoms with Crippen LogP contribution in [-0.2, 0) is 0 Å². The zero-order valence-corrected chi connectivity index (χ0v) is 9.38. The van der Waals surface area contributed by atoms with Gasteiger partial charge in [0.25, 0.3) is 0 Å². The number of carbonyl (C=O) groups is 1. The van der Waals surface area contributed by atoms with Gasteiger partial charge in [-0.25, -0.2) is 4.79 Å². The number of rotatable bonds is 2. The van der Waals surface area contributed by atoms with Gasteiger partial charge in [-0.3, -0.25) is 0 Å². The lowest BCUT2D eigenvalue weighted by Gasteiger charge is -2.19. The first-order chi connectivity index (χ1) is 6.77. The third-order valence-electron chi connectivity index (χ3n) is 3.05. The Balaban J connectivity index is 2.36. The lowest BCUT2D eigenvalue weighted by Crippen LogP contribution is -2.38. The van der Waals surface area contributed by atoms with Gasteiger partial charge in [0, 0.05) is 20.1 Å². The highest BCUT2D eigenvalue weighted by Gasteiger charge is 2.18. The molecule has 14 heavy (non-hydrogen) atoms. The lowest BCUT2D eigenvalue weighted by molar-refractivity contribution is 0.201. The maximum Gasteiger partial charge on any atom is 0.317 e. The number of urea groups is 1. The Morgan fingerprint density at radius 2 is 2.21 bits per heavy atom. The molecule has 82 valence electrons. The van der Waals surface area contributed by atoms with Gasteiger partial charge in [0.2, 0.25) is 0 Å². The van der Waals surface area contributed by atoms with Crippen LogP contribution in [0.5, 0.6) is 0 Å². The van der Waals surface area contributed by atoms with Gasteiger partial charge in [0.1, 0.15) is 0 Å². The molecule has 1 saturated heterocycles. The molecule has 1 N–H and O–H groups in total. The van der Waals surface area contributed by atoms with Crippen LogP contribution in [0.4, 0.5) is 4.79 Å². The van der Waals surface area contributed by atoms with Gasteiger partial charge in [-0.2, -0.15) is 0 Å². The minimum Gasteiger partial charge on any atom is -0.341 e. The van der Waals surface area contributed by atoms with E-state index in [1.165, 1.54) is 25.7 Å². The van der Waals surface area contributed by atoms with Crippen molar-refractivity contribution in [3.8, 4) is 0 Å². The number of carbonyl (C=O) groups excluding carboxylic acids is 1. The average Bonchev–Trinajstić information content (AvgIpc) is 2.43. The van der Waals surface area contributed by atoms with Gasteiger partial charge in [0.05, 0.1) is 0 Å². The molecule has 0 aliphatic carbocycles. The topological polar surface area (TPSA) is 32.3 Å². The van der Waals surface area contributed by atoms with Crippen LogP contribution < -0.4 is 5.32 Å².